The fourth-order valence-corrected chi connectivity index (χ4v) is 6.83. The summed E-state index contributed by atoms with van der Waals surface area (Å²) in [6, 6.07) is 60.2. The lowest BCUT2D eigenvalue weighted by Gasteiger charge is -2.28. The van der Waals surface area contributed by atoms with Gasteiger partial charge in [0.25, 0.3) is 0 Å². The molecule has 0 aliphatic heterocycles. The van der Waals surface area contributed by atoms with Gasteiger partial charge in [0.2, 0.25) is 0 Å². The van der Waals surface area contributed by atoms with Crippen LogP contribution in [-0.4, -0.2) is 4.57 Å². The van der Waals surface area contributed by atoms with Gasteiger partial charge in [-0.15, -0.1) is 0 Å². The van der Waals surface area contributed by atoms with Crippen molar-refractivity contribution in [2.24, 2.45) is 0 Å². The lowest BCUT2D eigenvalue weighted by atomic mass is 10.0. The highest BCUT2D eigenvalue weighted by molar-refractivity contribution is 6.15. The molecule has 0 atom stereocenters. The molecule has 3 heteroatoms. The minimum atomic E-state index is 0.871. The molecule has 0 fully saturated rings. The van der Waals surface area contributed by atoms with Crippen molar-refractivity contribution in [3.8, 4) is 16.8 Å². The molecule has 0 unspecified atom stereocenters. The largest absolute Gasteiger partial charge is 0.456 e. The minimum Gasteiger partial charge on any atom is -0.456 e. The lowest BCUT2D eigenvalue weighted by Crippen LogP contribution is -2.11. The molecule has 3 nitrogen and oxygen atoms in total. The molecular formula is C42H28N2O. The molecule has 7 aromatic carbocycles. The highest BCUT2D eigenvalue weighted by Gasteiger charge is 2.23. The monoisotopic (exact) mass is 576 g/mol. The van der Waals surface area contributed by atoms with Crippen LogP contribution >= 0.6 is 0 Å². The number of rotatable bonds is 5. The zero-order valence-corrected chi connectivity index (χ0v) is 24.5. The average Bonchev–Trinajstić information content (AvgIpc) is 3.65. The number of benzene rings is 7. The lowest BCUT2D eigenvalue weighted by molar-refractivity contribution is 0.669. The third-order valence-electron chi connectivity index (χ3n) is 8.78. The number of hydrogen-bond acceptors (Lipinski definition) is 2. The van der Waals surface area contributed by atoms with Crippen LogP contribution < -0.4 is 4.90 Å². The smallest absolute Gasteiger partial charge is 0.137 e. The van der Waals surface area contributed by atoms with Gasteiger partial charge in [-0.3, -0.25) is 0 Å². The molecule has 9 aromatic rings. The molecule has 0 N–H and O–H groups in total. The second kappa shape index (κ2) is 10.3. The van der Waals surface area contributed by atoms with Gasteiger partial charge in [-0.2, -0.15) is 0 Å². The molecule has 0 radical (unpaired) electrons. The van der Waals surface area contributed by atoms with Crippen LogP contribution in [0.1, 0.15) is 0 Å². The number of nitrogens with zero attached hydrogens (tertiary/aromatic N) is 2. The Hall–Kier alpha value is -6.06. The van der Waals surface area contributed by atoms with Crippen molar-refractivity contribution in [3.63, 3.8) is 0 Å². The van der Waals surface area contributed by atoms with Crippen molar-refractivity contribution in [2.75, 3.05) is 4.90 Å². The molecule has 2 heterocycles. The maximum Gasteiger partial charge on any atom is 0.137 e. The van der Waals surface area contributed by atoms with Crippen LogP contribution in [0.15, 0.2) is 174 Å². The first kappa shape index (κ1) is 25.4. The molecule has 0 bridgehead atoms. The molecular weight excluding hydrogens is 548 g/mol. The van der Waals surface area contributed by atoms with Crippen LogP contribution in [0.2, 0.25) is 0 Å². The first-order valence-electron chi connectivity index (χ1n) is 15.3. The molecule has 45 heavy (non-hydrogen) atoms. The Bertz CT molecular complexity index is 2490. The van der Waals surface area contributed by atoms with E-state index in [-0.39, 0.29) is 0 Å². The second-order valence-corrected chi connectivity index (χ2v) is 11.4. The molecule has 0 spiro atoms. The zero-order valence-electron chi connectivity index (χ0n) is 24.5. The molecule has 0 saturated carbocycles. The summed E-state index contributed by atoms with van der Waals surface area (Å²) >= 11 is 0. The summed E-state index contributed by atoms with van der Waals surface area (Å²) in [7, 11) is 0. The van der Waals surface area contributed by atoms with Crippen LogP contribution in [-0.2, 0) is 0 Å². The number of anilines is 3. The number of para-hydroxylation sites is 4. The minimum absolute atomic E-state index is 0.871. The van der Waals surface area contributed by atoms with E-state index in [4.69, 9.17) is 4.42 Å². The Balaban J connectivity index is 1.39. The molecule has 2 aromatic heterocycles. The van der Waals surface area contributed by atoms with E-state index < -0.39 is 0 Å². The van der Waals surface area contributed by atoms with E-state index in [9.17, 15) is 0 Å². The van der Waals surface area contributed by atoms with E-state index in [0.717, 1.165) is 55.8 Å². The fraction of sp³-hybridized carbons (Fsp3) is 0. The maximum absolute atomic E-state index is 6.39. The Morgan fingerprint density at radius 3 is 1.96 bits per heavy atom. The fourth-order valence-electron chi connectivity index (χ4n) is 6.83. The van der Waals surface area contributed by atoms with Gasteiger partial charge in [0.15, 0.2) is 0 Å². The Morgan fingerprint density at radius 1 is 0.444 bits per heavy atom. The SMILES string of the molecule is c1ccc(-c2ccccc2N(c2ccc3c4ccccc4n(-c4ccccc4)c3c2)c2cccc3oc4ccccc4c23)cc1. The summed E-state index contributed by atoms with van der Waals surface area (Å²) in [5.74, 6) is 0. The summed E-state index contributed by atoms with van der Waals surface area (Å²) in [5, 5.41) is 4.66. The first-order chi connectivity index (χ1) is 22.3. The average molecular weight is 577 g/mol. The Kier molecular flexibility index (Phi) is 5.82. The van der Waals surface area contributed by atoms with Crippen LogP contribution in [0.5, 0.6) is 0 Å². The number of furan rings is 1. The van der Waals surface area contributed by atoms with Gasteiger partial charge >= 0.3 is 0 Å². The molecule has 212 valence electrons. The molecule has 0 aliphatic rings. The van der Waals surface area contributed by atoms with Gasteiger partial charge in [-0.05, 0) is 60.2 Å². The molecule has 0 saturated heterocycles. The van der Waals surface area contributed by atoms with Gasteiger partial charge in [0.05, 0.1) is 27.8 Å². The van der Waals surface area contributed by atoms with E-state index in [1.54, 1.807) is 0 Å². The van der Waals surface area contributed by atoms with Gasteiger partial charge in [-0.1, -0.05) is 115 Å². The van der Waals surface area contributed by atoms with Crippen molar-refractivity contribution < 1.29 is 4.42 Å². The molecule has 9 rings (SSSR count). The van der Waals surface area contributed by atoms with E-state index in [2.05, 4.69) is 167 Å². The summed E-state index contributed by atoms with van der Waals surface area (Å²) in [4.78, 5) is 2.40. The van der Waals surface area contributed by atoms with Gasteiger partial charge in [0, 0.05) is 33.1 Å². The second-order valence-electron chi connectivity index (χ2n) is 11.4. The predicted molar refractivity (Wildman–Crippen MR) is 188 cm³/mol. The molecule has 0 aliphatic carbocycles. The summed E-state index contributed by atoms with van der Waals surface area (Å²) in [5.41, 5.74) is 10.8. The van der Waals surface area contributed by atoms with Crippen molar-refractivity contribution in [1.82, 2.24) is 4.57 Å². The van der Waals surface area contributed by atoms with Crippen LogP contribution in [0.3, 0.4) is 0 Å². The third-order valence-corrected chi connectivity index (χ3v) is 8.78. The summed E-state index contributed by atoms with van der Waals surface area (Å²) in [6.45, 7) is 0. The molecule has 0 amide bonds. The van der Waals surface area contributed by atoms with Crippen molar-refractivity contribution >= 4 is 60.8 Å². The van der Waals surface area contributed by atoms with Crippen LogP contribution in [0, 0.1) is 0 Å². The quantitative estimate of drug-likeness (QED) is 0.203. The van der Waals surface area contributed by atoms with Gasteiger partial charge in [-0.25, -0.2) is 0 Å². The first-order valence-corrected chi connectivity index (χ1v) is 15.3. The summed E-state index contributed by atoms with van der Waals surface area (Å²) in [6.07, 6.45) is 0. The van der Waals surface area contributed by atoms with E-state index in [1.165, 1.54) is 21.9 Å². The Labute approximate surface area is 260 Å². The van der Waals surface area contributed by atoms with Crippen LogP contribution in [0.4, 0.5) is 17.1 Å². The predicted octanol–water partition coefficient (Wildman–Crippen LogP) is 11.8. The highest BCUT2D eigenvalue weighted by atomic mass is 16.3. The topological polar surface area (TPSA) is 21.3 Å². The van der Waals surface area contributed by atoms with Crippen molar-refractivity contribution in [1.29, 1.82) is 0 Å². The van der Waals surface area contributed by atoms with Crippen LogP contribution in [0.25, 0.3) is 60.6 Å². The summed E-state index contributed by atoms with van der Waals surface area (Å²) < 4.78 is 8.76. The van der Waals surface area contributed by atoms with Gasteiger partial charge < -0.3 is 13.9 Å². The van der Waals surface area contributed by atoms with Gasteiger partial charge in [0.1, 0.15) is 11.2 Å². The highest BCUT2D eigenvalue weighted by Crippen LogP contribution is 2.47. The van der Waals surface area contributed by atoms with E-state index in [1.807, 2.05) is 12.1 Å². The van der Waals surface area contributed by atoms with E-state index >= 15 is 0 Å². The zero-order chi connectivity index (χ0) is 29.7. The normalized spacial score (nSPS) is 11.6. The number of hydrogen-bond donors (Lipinski definition) is 0. The Morgan fingerprint density at radius 2 is 1.09 bits per heavy atom. The maximum atomic E-state index is 6.39. The van der Waals surface area contributed by atoms with Crippen molar-refractivity contribution in [3.05, 3.63) is 170 Å². The van der Waals surface area contributed by atoms with E-state index in [0.29, 0.717) is 0 Å². The number of aromatic nitrogens is 1. The van der Waals surface area contributed by atoms with Crippen molar-refractivity contribution in [2.45, 2.75) is 0 Å². The number of fused-ring (bicyclic) bond motifs is 6. The standard InChI is InChI=1S/C42H28N2O/c1-3-14-29(15-4-1)32-18-7-10-21-36(32)44(38-23-13-25-41-42(38)35-20-9-12-24-40(35)45-41)31-26-27-34-33-19-8-11-22-37(33)43(39(34)28-31)30-16-5-2-6-17-30/h1-28H. The third kappa shape index (κ3) is 4.05.